The third kappa shape index (κ3) is 5.49. The van der Waals surface area contributed by atoms with Gasteiger partial charge in [0.05, 0.1) is 18.5 Å². The third-order valence-electron chi connectivity index (χ3n) is 4.92. The number of alkyl halides is 3. The lowest BCUT2D eigenvalue weighted by molar-refractivity contribution is -0.138. The van der Waals surface area contributed by atoms with E-state index in [1.165, 1.54) is 18.2 Å². The van der Waals surface area contributed by atoms with Crippen molar-refractivity contribution < 1.29 is 27.2 Å². The molecule has 0 radical (unpaired) electrons. The van der Waals surface area contributed by atoms with E-state index in [0.29, 0.717) is 31.7 Å². The number of carbonyl (C=O) groups is 2. The predicted molar refractivity (Wildman–Crippen MR) is 103 cm³/mol. The summed E-state index contributed by atoms with van der Waals surface area (Å²) in [6, 6.07) is 10.7. The second-order valence-corrected chi connectivity index (χ2v) is 6.96. The monoisotopic (exact) mass is 423 g/mol. The molecule has 0 unspecified atom stereocenters. The van der Waals surface area contributed by atoms with Crippen molar-refractivity contribution in [2.24, 2.45) is 0 Å². The first-order valence-electron chi connectivity index (χ1n) is 9.44. The van der Waals surface area contributed by atoms with Gasteiger partial charge >= 0.3 is 6.18 Å². The van der Waals surface area contributed by atoms with E-state index in [1.807, 2.05) is 0 Å². The van der Waals surface area contributed by atoms with Crippen molar-refractivity contribution in [3.8, 4) is 0 Å². The number of hydrogen-bond acceptors (Lipinski definition) is 3. The molecule has 2 aromatic rings. The highest BCUT2D eigenvalue weighted by atomic mass is 19.4. The summed E-state index contributed by atoms with van der Waals surface area (Å²) in [7, 11) is 0. The van der Waals surface area contributed by atoms with Gasteiger partial charge in [-0.05, 0) is 29.8 Å². The molecule has 160 valence electrons. The Kier molecular flexibility index (Phi) is 6.59. The molecule has 5 nitrogen and oxygen atoms in total. The van der Waals surface area contributed by atoms with Crippen molar-refractivity contribution in [1.29, 1.82) is 0 Å². The van der Waals surface area contributed by atoms with Gasteiger partial charge in [0, 0.05) is 31.9 Å². The zero-order valence-electron chi connectivity index (χ0n) is 16.1. The second-order valence-electron chi connectivity index (χ2n) is 6.96. The molecule has 3 rings (SSSR count). The largest absolute Gasteiger partial charge is 0.416 e. The molecule has 1 fully saturated rings. The molecule has 1 N–H and O–H groups in total. The summed E-state index contributed by atoms with van der Waals surface area (Å²) in [6.45, 7) is 1.12. The Morgan fingerprint density at radius 1 is 0.900 bits per heavy atom. The quantitative estimate of drug-likeness (QED) is 0.752. The lowest BCUT2D eigenvalue weighted by Gasteiger charge is -2.35. The molecule has 30 heavy (non-hydrogen) atoms. The number of amides is 2. The summed E-state index contributed by atoms with van der Waals surface area (Å²) in [4.78, 5) is 27.9. The molecule has 0 bridgehead atoms. The molecule has 9 heteroatoms. The molecule has 2 aromatic carbocycles. The number of halogens is 4. The van der Waals surface area contributed by atoms with Crippen molar-refractivity contribution >= 4 is 17.5 Å². The van der Waals surface area contributed by atoms with Crippen molar-refractivity contribution in [2.45, 2.75) is 12.6 Å². The highest BCUT2D eigenvalue weighted by molar-refractivity contribution is 5.82. The van der Waals surface area contributed by atoms with Crippen molar-refractivity contribution in [3.63, 3.8) is 0 Å². The highest BCUT2D eigenvalue weighted by Gasteiger charge is 2.30. The van der Waals surface area contributed by atoms with Crippen LogP contribution < -0.4 is 5.32 Å². The lowest BCUT2D eigenvalue weighted by Crippen LogP contribution is -2.52. The predicted octanol–water partition coefficient (Wildman–Crippen LogP) is 3.17. The van der Waals surface area contributed by atoms with Crippen molar-refractivity contribution in [3.05, 3.63) is 65.5 Å². The van der Waals surface area contributed by atoms with E-state index in [9.17, 15) is 27.2 Å². The number of carbonyl (C=O) groups excluding carboxylic acids is 2. The molecule has 0 spiro atoms. The van der Waals surface area contributed by atoms with Gasteiger partial charge in [-0.25, -0.2) is 4.39 Å². The zero-order valence-corrected chi connectivity index (χ0v) is 16.1. The summed E-state index contributed by atoms with van der Waals surface area (Å²) >= 11 is 0. The van der Waals surface area contributed by atoms with Crippen LogP contribution in [0.1, 0.15) is 11.1 Å². The van der Waals surface area contributed by atoms with E-state index in [-0.39, 0.29) is 30.5 Å². The number of benzene rings is 2. The van der Waals surface area contributed by atoms with Crippen LogP contribution >= 0.6 is 0 Å². The van der Waals surface area contributed by atoms with Crippen LogP contribution in [0.3, 0.4) is 0 Å². The van der Waals surface area contributed by atoms with Gasteiger partial charge in [0.15, 0.2) is 0 Å². The van der Waals surface area contributed by atoms with E-state index in [4.69, 9.17) is 0 Å². The third-order valence-corrected chi connectivity index (χ3v) is 4.92. The normalized spacial score (nSPS) is 14.5. The second kappa shape index (κ2) is 9.15. The van der Waals surface area contributed by atoms with Crippen LogP contribution in [-0.4, -0.2) is 54.3 Å². The van der Waals surface area contributed by atoms with Gasteiger partial charge in [-0.2, -0.15) is 13.2 Å². The molecule has 1 heterocycles. The number of nitrogens with one attached hydrogen (secondary N) is 1. The van der Waals surface area contributed by atoms with Crippen LogP contribution in [0, 0.1) is 5.82 Å². The topological polar surface area (TPSA) is 52.7 Å². The minimum absolute atomic E-state index is 0.0439. The Hall–Kier alpha value is -3.10. The Bertz CT molecular complexity index is 909. The standard InChI is InChI=1S/C21H21F4N3O2/c22-18-7-2-1-4-15(18)12-19(29)27-8-10-28(11-9-27)20(30)14-26-17-6-3-5-16(13-17)21(23,24)25/h1-7,13,26H,8-12,14H2. The maximum Gasteiger partial charge on any atom is 0.416 e. The van der Waals surface area contributed by atoms with Crippen LogP contribution in [0.5, 0.6) is 0 Å². The Labute approximate surface area is 171 Å². The number of rotatable bonds is 5. The van der Waals surface area contributed by atoms with Gasteiger partial charge in [0.2, 0.25) is 11.8 Å². The fraction of sp³-hybridized carbons (Fsp3) is 0.333. The Morgan fingerprint density at radius 2 is 1.53 bits per heavy atom. The number of piperazine rings is 1. The first kappa shape index (κ1) is 21.6. The zero-order chi connectivity index (χ0) is 21.7. The molecular formula is C21H21F4N3O2. The van der Waals surface area contributed by atoms with Crippen LogP contribution in [0.15, 0.2) is 48.5 Å². The lowest BCUT2D eigenvalue weighted by atomic mass is 10.1. The summed E-state index contributed by atoms with van der Waals surface area (Å²) < 4.78 is 52.0. The molecule has 0 atom stereocenters. The maximum atomic E-state index is 13.7. The molecular weight excluding hydrogens is 402 g/mol. The first-order valence-corrected chi connectivity index (χ1v) is 9.44. The number of nitrogens with zero attached hydrogens (tertiary/aromatic N) is 2. The van der Waals surface area contributed by atoms with E-state index < -0.39 is 17.6 Å². The van der Waals surface area contributed by atoms with Crippen LogP contribution in [0.4, 0.5) is 23.2 Å². The van der Waals surface area contributed by atoms with Crippen LogP contribution in [0.25, 0.3) is 0 Å². The van der Waals surface area contributed by atoms with E-state index >= 15 is 0 Å². The van der Waals surface area contributed by atoms with Crippen molar-refractivity contribution in [1.82, 2.24) is 9.80 Å². The van der Waals surface area contributed by atoms with Gasteiger partial charge in [-0.3, -0.25) is 9.59 Å². The molecule has 2 amide bonds. The molecule has 1 aliphatic rings. The summed E-state index contributed by atoms with van der Waals surface area (Å²) in [6.07, 6.45) is -4.50. The summed E-state index contributed by atoms with van der Waals surface area (Å²) in [5.41, 5.74) is -0.259. The van der Waals surface area contributed by atoms with Gasteiger partial charge in [-0.1, -0.05) is 24.3 Å². The molecule has 1 aliphatic heterocycles. The van der Waals surface area contributed by atoms with Gasteiger partial charge < -0.3 is 15.1 Å². The fourth-order valence-corrected chi connectivity index (χ4v) is 3.22. The van der Waals surface area contributed by atoms with E-state index in [1.54, 1.807) is 28.0 Å². The number of anilines is 1. The minimum Gasteiger partial charge on any atom is -0.376 e. The minimum atomic E-state index is -4.45. The van der Waals surface area contributed by atoms with E-state index in [2.05, 4.69) is 5.32 Å². The summed E-state index contributed by atoms with van der Waals surface area (Å²) in [5, 5.41) is 2.71. The maximum absolute atomic E-state index is 13.7. The Balaban J connectivity index is 1.47. The Morgan fingerprint density at radius 3 is 2.17 bits per heavy atom. The van der Waals surface area contributed by atoms with Gasteiger partial charge in [-0.15, -0.1) is 0 Å². The highest BCUT2D eigenvalue weighted by Crippen LogP contribution is 2.30. The molecule has 1 saturated heterocycles. The first-order chi connectivity index (χ1) is 14.2. The molecule has 0 saturated carbocycles. The number of hydrogen-bond donors (Lipinski definition) is 1. The fourth-order valence-electron chi connectivity index (χ4n) is 3.22. The average molecular weight is 423 g/mol. The smallest absolute Gasteiger partial charge is 0.376 e. The average Bonchev–Trinajstić information content (AvgIpc) is 2.73. The molecule has 0 aliphatic carbocycles. The van der Waals surface area contributed by atoms with Crippen LogP contribution in [-0.2, 0) is 22.2 Å². The molecule has 0 aromatic heterocycles. The van der Waals surface area contributed by atoms with Crippen LogP contribution in [0.2, 0.25) is 0 Å². The SMILES string of the molecule is O=C(CNc1cccc(C(F)(F)F)c1)N1CCN(C(=O)Cc2ccccc2F)CC1. The van der Waals surface area contributed by atoms with Crippen molar-refractivity contribution in [2.75, 3.05) is 38.0 Å². The summed E-state index contributed by atoms with van der Waals surface area (Å²) in [5.74, 6) is -0.914. The van der Waals surface area contributed by atoms with Gasteiger partial charge in [0.25, 0.3) is 0 Å². The van der Waals surface area contributed by atoms with E-state index in [0.717, 1.165) is 12.1 Å². The van der Waals surface area contributed by atoms with Gasteiger partial charge in [0.1, 0.15) is 5.82 Å².